The van der Waals surface area contributed by atoms with Gasteiger partial charge in [0.2, 0.25) is 2.43 Å². The van der Waals surface area contributed by atoms with Crippen LogP contribution in [0.5, 0.6) is 0 Å². The Morgan fingerprint density at radius 2 is 1.38 bits per heavy atom. The smallest absolute Gasteiger partial charge is 0.226 e. The normalized spacial score (nSPS) is 11.4. The summed E-state index contributed by atoms with van der Waals surface area (Å²) in [4.78, 5) is 0. The lowest BCUT2D eigenvalue weighted by Crippen LogP contribution is -2.01. The van der Waals surface area contributed by atoms with Crippen LogP contribution in [0.25, 0.3) is 11.1 Å². The molecule has 0 aliphatic carbocycles. The molecule has 4 heteroatoms. The molecule has 0 bridgehead atoms. The molecule has 0 saturated heterocycles. The summed E-state index contributed by atoms with van der Waals surface area (Å²) in [6.45, 7) is 0. The fourth-order valence-corrected chi connectivity index (χ4v) is 4.83. The Labute approximate surface area is 121 Å². The van der Waals surface area contributed by atoms with Crippen LogP contribution in [0.1, 0.15) is 0 Å². The quantitative estimate of drug-likeness (QED) is 0.460. The van der Waals surface area contributed by atoms with E-state index in [0.717, 1.165) is 16.4 Å². The second-order valence-electron chi connectivity index (χ2n) is 3.35. The molecule has 0 aliphatic rings. The molecule has 0 atom stereocenters. The highest BCUT2D eigenvalue weighted by Gasteiger charge is 2.19. The fourth-order valence-electron chi connectivity index (χ4n) is 1.56. The van der Waals surface area contributed by atoms with Crippen molar-refractivity contribution in [2.24, 2.45) is 0 Å². The molecule has 2 aromatic rings. The molecule has 0 amide bonds. The van der Waals surface area contributed by atoms with Gasteiger partial charge in [0.25, 0.3) is 0 Å². The van der Waals surface area contributed by atoms with Gasteiger partial charge in [-0.3, -0.25) is 4.57 Å². The number of hydrogen-bond acceptors (Lipinski definition) is 1. The summed E-state index contributed by atoms with van der Waals surface area (Å²) in [6, 6.07) is 18.0. The molecule has 0 unspecified atom stereocenters. The molecule has 0 heterocycles. The van der Waals surface area contributed by atoms with Gasteiger partial charge >= 0.3 is 0 Å². The predicted molar refractivity (Wildman–Crippen MR) is 87.2 cm³/mol. The molecule has 0 radical (unpaired) electrons. The van der Waals surface area contributed by atoms with Crippen LogP contribution in [0.2, 0.25) is 0 Å². The van der Waals surface area contributed by atoms with Crippen LogP contribution in [0.4, 0.5) is 0 Å². The van der Waals surface area contributed by atoms with E-state index in [1.54, 1.807) is 0 Å². The Bertz CT molecular complexity index is 534. The fraction of sp³-hybridized carbons (Fsp3) is 0. The van der Waals surface area contributed by atoms with Crippen LogP contribution >= 0.6 is 46.5 Å². The van der Waals surface area contributed by atoms with Gasteiger partial charge in [0.15, 0.2) is 0 Å². The third kappa shape index (κ3) is 2.87. The molecule has 0 spiro atoms. The maximum absolute atomic E-state index is 12.2. The lowest BCUT2D eigenvalue weighted by atomic mass is 10.1. The molecular weight excluding hydrogens is 445 g/mol. The van der Waals surface area contributed by atoms with Gasteiger partial charge in [0, 0.05) is 49.4 Å². The Kier molecular flexibility index (Phi) is 4.08. The zero-order chi connectivity index (χ0) is 11.6. The zero-order valence-electron chi connectivity index (χ0n) is 8.31. The molecule has 0 aliphatic heterocycles. The molecule has 0 fully saturated rings. The molecular formula is C12H9I2OP. The summed E-state index contributed by atoms with van der Waals surface area (Å²) in [5, 5.41) is 0.933. The summed E-state index contributed by atoms with van der Waals surface area (Å²) in [7, 11) is 0. The van der Waals surface area contributed by atoms with Crippen molar-refractivity contribution in [2.45, 2.75) is 0 Å². The van der Waals surface area contributed by atoms with Crippen molar-refractivity contribution in [3.05, 3.63) is 54.6 Å². The average Bonchev–Trinajstić information content (AvgIpc) is 2.29. The molecule has 0 aromatic heterocycles. The maximum Gasteiger partial charge on any atom is 0.226 e. The molecule has 1 nitrogen and oxygen atoms in total. The van der Waals surface area contributed by atoms with Crippen molar-refractivity contribution < 1.29 is 4.57 Å². The van der Waals surface area contributed by atoms with E-state index >= 15 is 0 Å². The van der Waals surface area contributed by atoms with Crippen LogP contribution in [0.15, 0.2) is 54.6 Å². The molecule has 0 N–H and O–H groups in total. The molecule has 16 heavy (non-hydrogen) atoms. The standard InChI is InChI=1S/C12H9I2OP/c13-16(14,15)12-9-5-4-8-11(12)10-6-2-1-3-7-10/h1-9H. The summed E-state index contributed by atoms with van der Waals surface area (Å²) >= 11 is 4.07. The van der Waals surface area contributed by atoms with Crippen LogP contribution in [-0.4, -0.2) is 0 Å². The summed E-state index contributed by atoms with van der Waals surface area (Å²) in [5.74, 6) is 0. The van der Waals surface area contributed by atoms with Crippen LogP contribution < -0.4 is 5.30 Å². The van der Waals surface area contributed by atoms with Gasteiger partial charge in [-0.05, 0) is 17.2 Å². The minimum atomic E-state index is -2.28. The maximum atomic E-state index is 12.2. The lowest BCUT2D eigenvalue weighted by molar-refractivity contribution is 0.601. The van der Waals surface area contributed by atoms with Crippen molar-refractivity contribution in [2.75, 3.05) is 0 Å². The summed E-state index contributed by atoms with van der Waals surface area (Å²) < 4.78 is 9.90. The summed E-state index contributed by atoms with van der Waals surface area (Å²) in [6.07, 6.45) is 0. The number of benzene rings is 2. The Hall–Kier alpha value is 0.130. The highest BCUT2D eigenvalue weighted by molar-refractivity contribution is 14.3. The van der Waals surface area contributed by atoms with Gasteiger partial charge in [0.05, 0.1) is 0 Å². The van der Waals surface area contributed by atoms with Gasteiger partial charge in [0.1, 0.15) is 0 Å². The van der Waals surface area contributed by atoms with Gasteiger partial charge in [-0.25, -0.2) is 0 Å². The lowest BCUT2D eigenvalue weighted by Gasteiger charge is -2.10. The third-order valence-corrected chi connectivity index (χ3v) is 6.34. The minimum absolute atomic E-state index is 0.933. The van der Waals surface area contributed by atoms with E-state index in [1.807, 2.05) is 98.7 Å². The highest BCUT2D eigenvalue weighted by Crippen LogP contribution is 2.62. The van der Waals surface area contributed by atoms with Gasteiger partial charge in [-0.2, -0.15) is 0 Å². The van der Waals surface area contributed by atoms with Crippen LogP contribution in [-0.2, 0) is 4.57 Å². The van der Waals surface area contributed by atoms with E-state index in [2.05, 4.69) is 0 Å². The van der Waals surface area contributed by atoms with E-state index in [0.29, 0.717) is 0 Å². The largest absolute Gasteiger partial charge is 0.297 e. The van der Waals surface area contributed by atoms with Crippen molar-refractivity contribution >= 4 is 51.8 Å². The average molecular weight is 454 g/mol. The Balaban J connectivity index is 2.63. The minimum Gasteiger partial charge on any atom is -0.297 e. The Morgan fingerprint density at radius 3 is 2.00 bits per heavy atom. The van der Waals surface area contributed by atoms with Crippen molar-refractivity contribution in [1.29, 1.82) is 0 Å². The van der Waals surface area contributed by atoms with Gasteiger partial charge in [-0.15, -0.1) is 0 Å². The summed E-state index contributed by atoms with van der Waals surface area (Å²) in [5.41, 5.74) is 2.18. The Morgan fingerprint density at radius 1 is 0.812 bits per heavy atom. The molecule has 0 saturated carbocycles. The van der Waals surface area contributed by atoms with Crippen molar-refractivity contribution in [3.63, 3.8) is 0 Å². The SMILES string of the molecule is O=P(I)(I)c1ccccc1-c1ccccc1. The van der Waals surface area contributed by atoms with Crippen LogP contribution in [0.3, 0.4) is 0 Å². The first-order valence-electron chi connectivity index (χ1n) is 4.73. The zero-order valence-corrected chi connectivity index (χ0v) is 13.5. The van der Waals surface area contributed by atoms with Crippen molar-refractivity contribution in [1.82, 2.24) is 0 Å². The second kappa shape index (κ2) is 5.19. The van der Waals surface area contributed by atoms with Gasteiger partial charge in [-0.1, -0.05) is 48.5 Å². The topological polar surface area (TPSA) is 17.1 Å². The van der Waals surface area contributed by atoms with E-state index in [4.69, 9.17) is 0 Å². The first-order valence-corrected chi connectivity index (χ1v) is 12.0. The van der Waals surface area contributed by atoms with Crippen molar-refractivity contribution in [3.8, 4) is 11.1 Å². The third-order valence-electron chi connectivity index (χ3n) is 2.27. The predicted octanol–water partition coefficient (Wildman–Crippen LogP) is 5.04. The molecule has 82 valence electrons. The highest BCUT2D eigenvalue weighted by atomic mass is 127. The number of halogens is 2. The van der Waals surface area contributed by atoms with Gasteiger partial charge < -0.3 is 0 Å². The molecule has 2 aromatic carbocycles. The first-order chi connectivity index (χ1) is 7.59. The molecule has 2 rings (SSSR count). The van der Waals surface area contributed by atoms with Crippen LogP contribution in [0, 0.1) is 0 Å². The number of hydrogen-bond donors (Lipinski definition) is 0. The van der Waals surface area contributed by atoms with E-state index in [-0.39, 0.29) is 0 Å². The monoisotopic (exact) mass is 454 g/mol. The first kappa shape index (κ1) is 12.6. The van der Waals surface area contributed by atoms with E-state index < -0.39 is 2.43 Å². The van der Waals surface area contributed by atoms with E-state index in [9.17, 15) is 4.57 Å². The van der Waals surface area contributed by atoms with E-state index in [1.165, 1.54) is 0 Å². The second-order valence-corrected chi connectivity index (χ2v) is 18.4. The number of rotatable bonds is 2.